The van der Waals surface area contributed by atoms with E-state index in [1.807, 2.05) is 42.5 Å². The van der Waals surface area contributed by atoms with Crippen LogP contribution in [0.2, 0.25) is 0 Å². The zero-order valence-corrected chi connectivity index (χ0v) is 36.2. The van der Waals surface area contributed by atoms with Gasteiger partial charge < -0.3 is 9.13 Å². The van der Waals surface area contributed by atoms with Gasteiger partial charge in [-0.05, 0) is 146 Å². The average Bonchev–Trinajstić information content (AvgIpc) is 3.76. The second kappa shape index (κ2) is 14.9. The first-order valence-corrected chi connectivity index (χ1v) is 21.2. The van der Waals surface area contributed by atoms with E-state index in [0.717, 1.165) is 89.1 Å². The predicted octanol–water partition coefficient (Wildman–Crippen LogP) is 16.2. The Labute approximate surface area is 369 Å². The van der Waals surface area contributed by atoms with Crippen LogP contribution in [0.15, 0.2) is 140 Å². The van der Waals surface area contributed by atoms with E-state index in [4.69, 9.17) is 6.57 Å². The number of fused-ring (bicyclic) bond motifs is 6. The first-order valence-electron chi connectivity index (χ1n) is 21.2. The summed E-state index contributed by atoms with van der Waals surface area (Å²) in [6.07, 6.45) is -4.65. The van der Waals surface area contributed by atoms with Gasteiger partial charge in [0, 0.05) is 21.5 Å². The van der Waals surface area contributed by atoms with Gasteiger partial charge in [0.1, 0.15) is 0 Å². The molecule has 0 N–H and O–H groups in total. The summed E-state index contributed by atoms with van der Waals surface area (Å²) in [5, 5.41) is 14.5. The van der Waals surface area contributed by atoms with E-state index in [0.29, 0.717) is 16.9 Å². The fourth-order valence-electron chi connectivity index (χ4n) is 10.3. The maximum absolute atomic E-state index is 14.1. The zero-order chi connectivity index (χ0) is 44.8. The van der Waals surface area contributed by atoms with E-state index in [1.165, 1.54) is 28.3 Å². The quantitative estimate of drug-likeness (QED) is 0.159. The number of para-hydroxylation sites is 2. The van der Waals surface area contributed by atoms with Gasteiger partial charge in [-0.15, -0.1) is 0 Å². The van der Waals surface area contributed by atoms with Crippen molar-refractivity contribution in [1.29, 1.82) is 5.26 Å². The van der Waals surface area contributed by atoms with E-state index >= 15 is 0 Å². The number of benzene rings is 8. The van der Waals surface area contributed by atoms with Crippen LogP contribution in [-0.4, -0.2) is 9.13 Å². The van der Waals surface area contributed by atoms with Gasteiger partial charge in [0.2, 0.25) is 0 Å². The molecule has 0 amide bonds. The molecule has 0 aliphatic rings. The largest absolute Gasteiger partial charge is 0.416 e. The van der Waals surface area contributed by atoms with Crippen molar-refractivity contribution in [2.45, 2.75) is 47.7 Å². The predicted molar refractivity (Wildman–Crippen MR) is 256 cm³/mol. The summed E-state index contributed by atoms with van der Waals surface area (Å²) in [5.41, 5.74) is 16.3. The van der Waals surface area contributed by atoms with Gasteiger partial charge in [0.25, 0.3) is 0 Å². The summed E-state index contributed by atoms with van der Waals surface area (Å²) in [5.74, 6) is 0. The van der Waals surface area contributed by atoms with Crippen LogP contribution in [0.3, 0.4) is 0 Å². The Bertz CT molecular complexity index is 3650. The van der Waals surface area contributed by atoms with Crippen molar-refractivity contribution in [2.24, 2.45) is 0 Å². The molecule has 0 bridgehead atoms. The van der Waals surface area contributed by atoms with Gasteiger partial charge in [0.05, 0.1) is 57.2 Å². The van der Waals surface area contributed by atoms with Crippen molar-refractivity contribution in [1.82, 2.24) is 9.13 Å². The molecule has 8 aromatic carbocycles. The van der Waals surface area contributed by atoms with Crippen molar-refractivity contribution in [3.63, 3.8) is 0 Å². The van der Waals surface area contributed by atoms with Gasteiger partial charge in [0.15, 0.2) is 5.69 Å². The summed E-state index contributed by atoms with van der Waals surface area (Å²) >= 11 is 0. The summed E-state index contributed by atoms with van der Waals surface area (Å²) < 4.78 is 46.6. The monoisotopic (exact) mass is 838 g/mol. The Balaban J connectivity index is 1.37. The highest BCUT2D eigenvalue weighted by atomic mass is 19.4. The van der Waals surface area contributed by atoms with Gasteiger partial charge in [-0.3, -0.25) is 0 Å². The van der Waals surface area contributed by atoms with Crippen LogP contribution in [-0.2, 0) is 6.18 Å². The lowest BCUT2D eigenvalue weighted by Crippen LogP contribution is -2.06. The maximum atomic E-state index is 14.1. The molecule has 0 saturated carbocycles. The molecule has 7 heteroatoms. The fourth-order valence-corrected chi connectivity index (χ4v) is 10.3. The van der Waals surface area contributed by atoms with Gasteiger partial charge in [-0.2, -0.15) is 18.4 Å². The lowest BCUT2D eigenvalue weighted by atomic mass is 9.93. The van der Waals surface area contributed by atoms with E-state index in [1.54, 1.807) is 0 Å². The second-order valence-electron chi connectivity index (χ2n) is 17.1. The summed E-state index contributed by atoms with van der Waals surface area (Å²) in [4.78, 5) is 4.04. The van der Waals surface area contributed by atoms with Crippen LogP contribution >= 0.6 is 0 Å². The van der Waals surface area contributed by atoms with Crippen molar-refractivity contribution in [3.05, 3.63) is 195 Å². The number of halogens is 3. The molecule has 2 aromatic heterocycles. The second-order valence-corrected chi connectivity index (χ2v) is 17.1. The maximum Gasteiger partial charge on any atom is 0.416 e. The van der Waals surface area contributed by atoms with Crippen molar-refractivity contribution < 1.29 is 13.2 Å². The number of aryl methyl sites for hydroxylation is 6. The zero-order valence-electron chi connectivity index (χ0n) is 36.2. The van der Waals surface area contributed by atoms with E-state index in [-0.39, 0.29) is 16.8 Å². The van der Waals surface area contributed by atoms with Crippen LogP contribution < -0.4 is 0 Å². The molecule has 0 aliphatic carbocycles. The molecule has 310 valence electrons. The number of nitriles is 1. The van der Waals surface area contributed by atoms with Crippen LogP contribution in [0.1, 0.15) is 44.5 Å². The number of rotatable bonds is 5. The minimum atomic E-state index is -4.65. The summed E-state index contributed by atoms with van der Waals surface area (Å²) in [6.45, 7) is 21.4. The van der Waals surface area contributed by atoms with Gasteiger partial charge in [-0.25, -0.2) is 4.85 Å². The molecular formula is C57H41F3N4. The summed E-state index contributed by atoms with van der Waals surface area (Å²) in [7, 11) is 0. The highest BCUT2D eigenvalue weighted by Crippen LogP contribution is 2.46. The third-order valence-electron chi connectivity index (χ3n) is 12.7. The molecule has 10 rings (SSSR count). The highest BCUT2D eigenvalue weighted by Gasteiger charge is 2.32. The Hall–Kier alpha value is -7.87. The molecule has 0 spiro atoms. The number of hydrogen-bond acceptors (Lipinski definition) is 1. The molecule has 0 aliphatic heterocycles. The number of alkyl halides is 3. The van der Waals surface area contributed by atoms with Crippen molar-refractivity contribution in [2.75, 3.05) is 0 Å². The number of aromatic nitrogens is 2. The Morgan fingerprint density at radius 2 is 0.953 bits per heavy atom. The number of hydrogen-bond donors (Lipinski definition) is 0. The van der Waals surface area contributed by atoms with Crippen LogP contribution in [0, 0.1) is 59.4 Å². The van der Waals surface area contributed by atoms with E-state index in [9.17, 15) is 18.4 Å². The molecule has 4 nitrogen and oxygen atoms in total. The highest BCUT2D eigenvalue weighted by molar-refractivity contribution is 6.13. The van der Waals surface area contributed by atoms with Gasteiger partial charge >= 0.3 is 6.18 Å². The first kappa shape index (κ1) is 40.2. The Morgan fingerprint density at radius 3 is 1.41 bits per heavy atom. The standard InChI is InChI=1S/C57H41F3N4/c1-32-22-34(3)55(35(4)23-32)38-16-19-45-43-12-8-10-14-49(43)63(51(45)27-38)53-29-47(42-21-18-41(57(58,59)60)26-40(42)31-61)48(62-7)30-54(53)64-50-15-11-9-13-44(50)46-20-17-39(28-52(46)64)56-36(5)24-33(2)25-37(56)6/h8-30H,1-6H3. The average molecular weight is 839 g/mol. The molecule has 10 aromatic rings. The minimum Gasteiger partial charge on any atom is -0.308 e. The van der Waals surface area contributed by atoms with E-state index < -0.39 is 11.7 Å². The third kappa shape index (κ3) is 6.35. The van der Waals surface area contributed by atoms with Crippen LogP contribution in [0.25, 0.3) is 93.2 Å². The Kier molecular flexibility index (Phi) is 9.36. The molecule has 0 radical (unpaired) electrons. The van der Waals surface area contributed by atoms with Crippen molar-refractivity contribution in [3.8, 4) is 50.8 Å². The molecular weight excluding hydrogens is 798 g/mol. The molecule has 64 heavy (non-hydrogen) atoms. The Morgan fingerprint density at radius 1 is 0.500 bits per heavy atom. The smallest absolute Gasteiger partial charge is 0.308 e. The third-order valence-corrected chi connectivity index (χ3v) is 12.7. The van der Waals surface area contributed by atoms with E-state index in [2.05, 4.69) is 140 Å². The lowest BCUT2D eigenvalue weighted by molar-refractivity contribution is -0.137. The molecule has 0 fully saturated rings. The fraction of sp³-hybridized carbons (Fsp3) is 0.123. The van der Waals surface area contributed by atoms with Crippen LogP contribution in [0.4, 0.5) is 18.9 Å². The normalized spacial score (nSPS) is 11.8. The molecule has 0 atom stereocenters. The SMILES string of the molecule is [C-]#[N+]c1cc(-n2c3ccccc3c3ccc(-c4c(C)cc(C)cc4C)cc32)c(-n2c3ccccc3c3ccc(-c4c(C)cc(C)cc4C)cc32)cc1-c1ccc(C(F)(F)F)cc1C#N. The molecule has 2 heterocycles. The lowest BCUT2D eigenvalue weighted by Gasteiger charge is -2.21. The van der Waals surface area contributed by atoms with Crippen LogP contribution in [0.5, 0.6) is 0 Å². The van der Waals surface area contributed by atoms with Gasteiger partial charge in [-0.1, -0.05) is 102 Å². The number of nitrogens with zero attached hydrogens (tertiary/aromatic N) is 4. The minimum absolute atomic E-state index is 0.168. The van der Waals surface area contributed by atoms with Crippen molar-refractivity contribution >= 4 is 49.3 Å². The molecule has 0 unspecified atom stereocenters. The molecule has 0 saturated heterocycles. The summed E-state index contributed by atoms with van der Waals surface area (Å²) in [6, 6.07) is 47.3. The first-order chi connectivity index (χ1) is 30.7. The topological polar surface area (TPSA) is 38.0 Å².